The van der Waals surface area contributed by atoms with Gasteiger partial charge in [0.15, 0.2) is 0 Å². The third-order valence-electron chi connectivity index (χ3n) is 2.28. The molecule has 2 rings (SSSR count). The Labute approximate surface area is 103 Å². The van der Waals surface area contributed by atoms with Crippen molar-refractivity contribution in [3.63, 3.8) is 0 Å². The molecule has 0 aliphatic rings. The predicted molar refractivity (Wildman–Crippen MR) is 66.5 cm³/mol. The van der Waals surface area contributed by atoms with Crippen LogP contribution in [0.3, 0.4) is 0 Å². The third-order valence-corrected chi connectivity index (χ3v) is 2.28. The number of aromatic hydroxyl groups is 1. The molecule has 0 saturated carbocycles. The lowest BCUT2D eigenvalue weighted by molar-refractivity contribution is 0.463. The van der Waals surface area contributed by atoms with E-state index < -0.39 is 11.3 Å². The van der Waals surface area contributed by atoms with E-state index in [1.807, 2.05) is 25.1 Å². The number of aryl methyl sites for hydroxylation is 1. The van der Waals surface area contributed by atoms with Crippen LogP contribution in [0.1, 0.15) is 12.7 Å². The molecule has 1 aromatic carbocycles. The maximum Gasteiger partial charge on any atom is 0.295 e. The Hall–Kier alpha value is -2.50. The van der Waals surface area contributed by atoms with Crippen LogP contribution in [0, 0.1) is 0 Å². The number of azo groups is 1. The first-order valence-electron chi connectivity index (χ1n) is 5.49. The van der Waals surface area contributed by atoms with Gasteiger partial charge >= 0.3 is 0 Å². The van der Waals surface area contributed by atoms with Crippen molar-refractivity contribution >= 4 is 11.5 Å². The van der Waals surface area contributed by atoms with E-state index in [-0.39, 0.29) is 5.82 Å². The Kier molecular flexibility index (Phi) is 3.47. The number of nitrogens with zero attached hydrogens (tertiary/aromatic N) is 3. The van der Waals surface area contributed by atoms with E-state index in [9.17, 15) is 9.90 Å². The maximum atomic E-state index is 11.4. The Morgan fingerprint density at radius 1 is 1.28 bits per heavy atom. The van der Waals surface area contributed by atoms with Crippen molar-refractivity contribution in [2.75, 3.05) is 0 Å². The highest BCUT2D eigenvalue weighted by Gasteiger charge is 2.08. The van der Waals surface area contributed by atoms with Gasteiger partial charge in [0.2, 0.25) is 11.6 Å². The third kappa shape index (κ3) is 2.60. The fraction of sp³-hybridized carbons (Fsp3) is 0.167. The SMILES string of the molecule is CCc1nc(N=Nc2ccccc2)c(O)c(=O)[nH]1. The van der Waals surface area contributed by atoms with Crippen LogP contribution in [0.5, 0.6) is 5.75 Å². The second kappa shape index (κ2) is 5.22. The number of H-pyrrole nitrogens is 1. The molecule has 92 valence electrons. The summed E-state index contributed by atoms with van der Waals surface area (Å²) in [5.41, 5.74) is 0.0147. The molecule has 0 aliphatic heterocycles. The van der Waals surface area contributed by atoms with E-state index >= 15 is 0 Å². The van der Waals surface area contributed by atoms with Gasteiger partial charge in [-0.1, -0.05) is 25.1 Å². The van der Waals surface area contributed by atoms with Crippen LogP contribution in [-0.4, -0.2) is 15.1 Å². The van der Waals surface area contributed by atoms with Crippen LogP contribution in [0.25, 0.3) is 0 Å². The Balaban J connectivity index is 2.37. The largest absolute Gasteiger partial charge is 0.500 e. The summed E-state index contributed by atoms with van der Waals surface area (Å²) >= 11 is 0. The van der Waals surface area contributed by atoms with E-state index in [2.05, 4.69) is 20.2 Å². The number of benzene rings is 1. The molecule has 0 saturated heterocycles. The molecule has 0 fully saturated rings. The molecule has 0 bridgehead atoms. The number of nitrogens with one attached hydrogen (secondary N) is 1. The number of hydrogen-bond acceptors (Lipinski definition) is 5. The zero-order chi connectivity index (χ0) is 13.0. The Morgan fingerprint density at radius 2 is 2.00 bits per heavy atom. The van der Waals surface area contributed by atoms with Crippen LogP contribution in [-0.2, 0) is 6.42 Å². The summed E-state index contributed by atoms with van der Waals surface area (Å²) in [6, 6.07) is 9.01. The first-order chi connectivity index (χ1) is 8.70. The zero-order valence-corrected chi connectivity index (χ0v) is 9.79. The number of aromatic amines is 1. The summed E-state index contributed by atoms with van der Waals surface area (Å²) in [6.45, 7) is 1.84. The highest BCUT2D eigenvalue weighted by atomic mass is 16.3. The topological polar surface area (TPSA) is 90.7 Å². The fourth-order valence-corrected chi connectivity index (χ4v) is 1.34. The van der Waals surface area contributed by atoms with Crippen molar-refractivity contribution in [2.24, 2.45) is 10.2 Å². The first-order valence-corrected chi connectivity index (χ1v) is 5.49. The zero-order valence-electron chi connectivity index (χ0n) is 9.79. The summed E-state index contributed by atoms with van der Waals surface area (Å²) < 4.78 is 0. The van der Waals surface area contributed by atoms with Crippen molar-refractivity contribution in [1.29, 1.82) is 0 Å². The van der Waals surface area contributed by atoms with Crippen LogP contribution in [0.2, 0.25) is 0 Å². The Morgan fingerprint density at radius 3 is 2.67 bits per heavy atom. The van der Waals surface area contributed by atoms with Crippen LogP contribution in [0.15, 0.2) is 45.4 Å². The molecule has 6 heteroatoms. The normalized spacial score (nSPS) is 10.9. The van der Waals surface area contributed by atoms with Crippen LogP contribution >= 0.6 is 0 Å². The van der Waals surface area contributed by atoms with Gasteiger partial charge in [0.05, 0.1) is 5.69 Å². The van der Waals surface area contributed by atoms with Crippen molar-refractivity contribution in [3.8, 4) is 5.75 Å². The molecule has 0 unspecified atom stereocenters. The molecular formula is C12H12N4O2. The molecular weight excluding hydrogens is 232 g/mol. The average molecular weight is 244 g/mol. The highest BCUT2D eigenvalue weighted by molar-refractivity contribution is 5.43. The number of hydrogen-bond donors (Lipinski definition) is 2. The van der Waals surface area contributed by atoms with E-state index in [4.69, 9.17) is 0 Å². The van der Waals surface area contributed by atoms with E-state index in [1.54, 1.807) is 12.1 Å². The van der Waals surface area contributed by atoms with Crippen molar-refractivity contribution in [1.82, 2.24) is 9.97 Å². The standard InChI is InChI=1S/C12H12N4O2/c1-2-9-13-11(10(17)12(18)14-9)16-15-8-6-4-3-5-7-8/h3-7,17H,2H2,1H3,(H,13,14,18). The van der Waals surface area contributed by atoms with Crippen LogP contribution < -0.4 is 5.56 Å². The van der Waals surface area contributed by atoms with E-state index in [1.165, 1.54) is 0 Å². The molecule has 0 radical (unpaired) electrons. The second-order valence-electron chi connectivity index (χ2n) is 3.57. The molecule has 0 atom stereocenters. The van der Waals surface area contributed by atoms with Crippen molar-refractivity contribution in [3.05, 3.63) is 46.5 Å². The van der Waals surface area contributed by atoms with E-state index in [0.29, 0.717) is 17.9 Å². The lowest BCUT2D eigenvalue weighted by Crippen LogP contribution is -2.10. The minimum absolute atomic E-state index is 0.0700. The quantitative estimate of drug-likeness (QED) is 0.812. The van der Waals surface area contributed by atoms with Gasteiger partial charge in [-0.05, 0) is 12.1 Å². The summed E-state index contributed by atoms with van der Waals surface area (Å²) in [6.07, 6.45) is 0.545. The lowest BCUT2D eigenvalue weighted by Gasteiger charge is -1.99. The molecule has 18 heavy (non-hydrogen) atoms. The second-order valence-corrected chi connectivity index (χ2v) is 3.57. The molecule has 1 heterocycles. The molecule has 6 nitrogen and oxygen atoms in total. The molecule has 0 spiro atoms. The highest BCUT2D eigenvalue weighted by Crippen LogP contribution is 2.21. The maximum absolute atomic E-state index is 11.4. The van der Waals surface area contributed by atoms with E-state index in [0.717, 1.165) is 0 Å². The van der Waals surface area contributed by atoms with Crippen molar-refractivity contribution < 1.29 is 5.11 Å². The summed E-state index contributed by atoms with van der Waals surface area (Å²) in [4.78, 5) is 17.8. The Bertz CT molecular complexity index is 620. The van der Waals surface area contributed by atoms with Gasteiger partial charge in [-0.2, -0.15) is 0 Å². The van der Waals surface area contributed by atoms with Gasteiger partial charge < -0.3 is 10.1 Å². The summed E-state index contributed by atoms with van der Waals surface area (Å²) in [5.74, 6) is -0.133. The van der Waals surface area contributed by atoms with Crippen molar-refractivity contribution in [2.45, 2.75) is 13.3 Å². The average Bonchev–Trinajstić information content (AvgIpc) is 2.41. The monoisotopic (exact) mass is 244 g/mol. The van der Waals surface area contributed by atoms with Gasteiger partial charge in [0, 0.05) is 6.42 Å². The fourth-order valence-electron chi connectivity index (χ4n) is 1.34. The molecule has 1 aromatic heterocycles. The number of rotatable bonds is 3. The predicted octanol–water partition coefficient (Wildman–Crippen LogP) is 2.45. The van der Waals surface area contributed by atoms with Crippen LogP contribution in [0.4, 0.5) is 11.5 Å². The number of aromatic nitrogens is 2. The first kappa shape index (κ1) is 12.0. The summed E-state index contributed by atoms with van der Waals surface area (Å²) in [5, 5.41) is 17.2. The van der Waals surface area contributed by atoms with Gasteiger partial charge in [0.1, 0.15) is 5.82 Å². The molecule has 0 aliphatic carbocycles. The lowest BCUT2D eigenvalue weighted by atomic mass is 10.3. The smallest absolute Gasteiger partial charge is 0.295 e. The minimum Gasteiger partial charge on any atom is -0.500 e. The summed E-state index contributed by atoms with van der Waals surface area (Å²) in [7, 11) is 0. The molecule has 0 amide bonds. The van der Waals surface area contributed by atoms with Gasteiger partial charge in [-0.25, -0.2) is 4.98 Å². The molecule has 2 aromatic rings. The minimum atomic E-state index is -0.608. The molecule has 2 N–H and O–H groups in total. The van der Waals surface area contributed by atoms with Gasteiger partial charge in [-0.3, -0.25) is 4.79 Å². The van der Waals surface area contributed by atoms with Gasteiger partial charge in [0.25, 0.3) is 5.56 Å². The van der Waals surface area contributed by atoms with Gasteiger partial charge in [-0.15, -0.1) is 10.2 Å².